The highest BCUT2D eigenvalue weighted by Gasteiger charge is 2.24. The summed E-state index contributed by atoms with van der Waals surface area (Å²) in [6.07, 6.45) is -0.457. The van der Waals surface area contributed by atoms with Gasteiger partial charge in [-0.2, -0.15) is 0 Å². The second-order valence-electron chi connectivity index (χ2n) is 3.46. The molecule has 3 heteroatoms. The van der Waals surface area contributed by atoms with Crippen molar-refractivity contribution < 1.29 is 14.3 Å². The van der Waals surface area contributed by atoms with Crippen molar-refractivity contribution in [1.29, 1.82) is 0 Å². The van der Waals surface area contributed by atoms with Crippen LogP contribution in [-0.2, 0) is 14.3 Å². The van der Waals surface area contributed by atoms with Gasteiger partial charge in [0.1, 0.15) is 0 Å². The van der Waals surface area contributed by atoms with Crippen molar-refractivity contribution in [2.75, 3.05) is 7.11 Å². The van der Waals surface area contributed by atoms with Gasteiger partial charge in [0.15, 0.2) is 6.29 Å². The molecule has 0 heterocycles. The molecule has 0 aliphatic carbocycles. The molecule has 1 atom stereocenters. The van der Waals surface area contributed by atoms with Gasteiger partial charge in [0, 0.05) is 7.11 Å². The molecular weight excluding hydrogens is 144 g/mol. The molecule has 66 valence electrons. The Morgan fingerprint density at radius 2 is 1.82 bits per heavy atom. The number of carbonyl (C=O) groups excluding carboxylic acids is 1. The van der Waals surface area contributed by atoms with Crippen LogP contribution >= 0.6 is 0 Å². The molecular formula is C8H16O3. The summed E-state index contributed by atoms with van der Waals surface area (Å²) in [6, 6.07) is 0. The van der Waals surface area contributed by atoms with Gasteiger partial charge in [-0.3, -0.25) is 4.79 Å². The number of carbonyl (C=O) groups is 1. The van der Waals surface area contributed by atoms with Gasteiger partial charge in [0.25, 0.3) is 0 Å². The molecule has 0 saturated carbocycles. The third kappa shape index (κ3) is 3.98. The Balaban J connectivity index is 3.88. The van der Waals surface area contributed by atoms with Crippen molar-refractivity contribution in [1.82, 2.24) is 0 Å². The van der Waals surface area contributed by atoms with Crippen LogP contribution in [0.15, 0.2) is 0 Å². The minimum absolute atomic E-state index is 0.244. The van der Waals surface area contributed by atoms with Crippen molar-refractivity contribution in [3.63, 3.8) is 0 Å². The van der Waals surface area contributed by atoms with Gasteiger partial charge >= 0.3 is 5.97 Å². The van der Waals surface area contributed by atoms with Crippen LogP contribution < -0.4 is 0 Å². The van der Waals surface area contributed by atoms with Crippen LogP contribution in [0.4, 0.5) is 0 Å². The summed E-state index contributed by atoms with van der Waals surface area (Å²) in [5.74, 6) is -0.244. The maximum absolute atomic E-state index is 11.1. The van der Waals surface area contributed by atoms with Crippen LogP contribution in [0.1, 0.15) is 27.7 Å². The zero-order valence-electron chi connectivity index (χ0n) is 7.80. The van der Waals surface area contributed by atoms with E-state index in [0.29, 0.717) is 0 Å². The van der Waals surface area contributed by atoms with Crippen molar-refractivity contribution in [3.8, 4) is 0 Å². The molecule has 0 rings (SSSR count). The summed E-state index contributed by atoms with van der Waals surface area (Å²) in [4.78, 5) is 11.1. The van der Waals surface area contributed by atoms with Crippen LogP contribution in [0.3, 0.4) is 0 Å². The lowest BCUT2D eigenvalue weighted by Gasteiger charge is -2.19. The third-order valence-corrected chi connectivity index (χ3v) is 1.22. The third-order valence-electron chi connectivity index (χ3n) is 1.22. The van der Waals surface area contributed by atoms with Gasteiger partial charge < -0.3 is 9.47 Å². The van der Waals surface area contributed by atoms with E-state index in [4.69, 9.17) is 9.47 Å². The molecule has 0 aromatic heterocycles. The molecule has 3 nitrogen and oxygen atoms in total. The van der Waals surface area contributed by atoms with E-state index in [0.717, 1.165) is 0 Å². The predicted octanol–water partition coefficient (Wildman–Crippen LogP) is 1.57. The quantitative estimate of drug-likeness (QED) is 0.454. The first-order chi connectivity index (χ1) is 4.88. The Labute approximate surface area is 67.7 Å². The fourth-order valence-electron chi connectivity index (χ4n) is 0.376. The van der Waals surface area contributed by atoms with E-state index in [1.807, 2.05) is 0 Å². The first-order valence-corrected chi connectivity index (χ1v) is 3.62. The molecule has 0 amide bonds. The summed E-state index contributed by atoms with van der Waals surface area (Å²) < 4.78 is 9.68. The molecule has 1 unspecified atom stereocenters. The van der Waals surface area contributed by atoms with E-state index in [-0.39, 0.29) is 5.97 Å². The maximum atomic E-state index is 11.1. The molecule has 0 aromatic carbocycles. The van der Waals surface area contributed by atoms with Gasteiger partial charge in [-0.1, -0.05) is 0 Å². The molecule has 0 aromatic rings. The highest BCUT2D eigenvalue weighted by atomic mass is 16.7. The standard InChI is InChI=1S/C8H16O3/c1-6(10-5)11-7(9)8(2,3)4/h6H,1-5H3. The van der Waals surface area contributed by atoms with E-state index < -0.39 is 11.7 Å². The summed E-state index contributed by atoms with van der Waals surface area (Å²) in [5, 5.41) is 0. The second-order valence-corrected chi connectivity index (χ2v) is 3.46. The number of hydrogen-bond donors (Lipinski definition) is 0. The normalized spacial score (nSPS) is 14.3. The van der Waals surface area contributed by atoms with Crippen LogP contribution in [0.25, 0.3) is 0 Å². The van der Waals surface area contributed by atoms with Crippen LogP contribution in [0.5, 0.6) is 0 Å². The average Bonchev–Trinajstić information content (AvgIpc) is 1.85. The van der Waals surface area contributed by atoms with Crippen molar-refractivity contribution in [2.45, 2.75) is 34.0 Å². The summed E-state index contributed by atoms with van der Waals surface area (Å²) in [5.41, 5.74) is -0.452. The minimum Gasteiger partial charge on any atom is -0.436 e. The fourth-order valence-corrected chi connectivity index (χ4v) is 0.376. The molecule has 0 aliphatic heterocycles. The Hall–Kier alpha value is -0.570. The van der Waals surface area contributed by atoms with Crippen LogP contribution in [-0.4, -0.2) is 19.4 Å². The lowest BCUT2D eigenvalue weighted by Crippen LogP contribution is -2.27. The highest BCUT2D eigenvalue weighted by molar-refractivity contribution is 5.75. The van der Waals surface area contributed by atoms with Crippen LogP contribution in [0, 0.1) is 5.41 Å². The maximum Gasteiger partial charge on any atom is 0.313 e. The van der Waals surface area contributed by atoms with E-state index in [1.54, 1.807) is 27.7 Å². The van der Waals surface area contributed by atoms with Gasteiger partial charge in [0.2, 0.25) is 0 Å². The van der Waals surface area contributed by atoms with E-state index >= 15 is 0 Å². The van der Waals surface area contributed by atoms with E-state index in [9.17, 15) is 4.79 Å². The molecule has 0 saturated heterocycles. The number of hydrogen-bond acceptors (Lipinski definition) is 3. The average molecular weight is 160 g/mol. The fraction of sp³-hybridized carbons (Fsp3) is 0.875. The smallest absolute Gasteiger partial charge is 0.313 e. The van der Waals surface area contributed by atoms with Gasteiger partial charge in [0.05, 0.1) is 5.41 Å². The van der Waals surface area contributed by atoms with Crippen molar-refractivity contribution >= 4 is 5.97 Å². The Morgan fingerprint density at radius 1 is 1.36 bits per heavy atom. The van der Waals surface area contributed by atoms with E-state index in [1.165, 1.54) is 7.11 Å². The number of methoxy groups -OCH3 is 1. The molecule has 0 aliphatic rings. The molecule has 0 fully saturated rings. The van der Waals surface area contributed by atoms with Gasteiger partial charge in [-0.05, 0) is 27.7 Å². The minimum atomic E-state index is -0.457. The first kappa shape index (κ1) is 10.4. The Kier molecular flexibility index (Phi) is 3.52. The SMILES string of the molecule is COC(C)OC(=O)C(C)(C)C. The molecule has 0 bridgehead atoms. The van der Waals surface area contributed by atoms with Crippen molar-refractivity contribution in [3.05, 3.63) is 0 Å². The van der Waals surface area contributed by atoms with Crippen molar-refractivity contribution in [2.24, 2.45) is 5.41 Å². The first-order valence-electron chi connectivity index (χ1n) is 3.62. The van der Waals surface area contributed by atoms with Gasteiger partial charge in [-0.25, -0.2) is 0 Å². The lowest BCUT2D eigenvalue weighted by molar-refractivity contribution is -0.179. The predicted molar refractivity (Wildman–Crippen MR) is 42.0 cm³/mol. The number of rotatable bonds is 2. The lowest BCUT2D eigenvalue weighted by atomic mass is 9.97. The number of ether oxygens (including phenoxy) is 2. The second kappa shape index (κ2) is 3.72. The zero-order chi connectivity index (χ0) is 9.07. The summed E-state index contributed by atoms with van der Waals surface area (Å²) in [6.45, 7) is 7.09. The largest absolute Gasteiger partial charge is 0.436 e. The van der Waals surface area contributed by atoms with E-state index in [2.05, 4.69) is 0 Å². The molecule has 0 spiro atoms. The highest BCUT2D eigenvalue weighted by Crippen LogP contribution is 2.16. The summed E-state index contributed by atoms with van der Waals surface area (Å²) in [7, 11) is 1.50. The topological polar surface area (TPSA) is 35.5 Å². The number of esters is 1. The summed E-state index contributed by atoms with van der Waals surface area (Å²) >= 11 is 0. The monoisotopic (exact) mass is 160 g/mol. The molecule has 11 heavy (non-hydrogen) atoms. The van der Waals surface area contributed by atoms with Crippen LogP contribution in [0.2, 0.25) is 0 Å². The molecule has 0 N–H and O–H groups in total. The molecule has 0 radical (unpaired) electrons. The zero-order valence-corrected chi connectivity index (χ0v) is 7.80. The Morgan fingerprint density at radius 3 is 2.09 bits per heavy atom. The Bertz CT molecular complexity index is 135. The van der Waals surface area contributed by atoms with Gasteiger partial charge in [-0.15, -0.1) is 0 Å².